The van der Waals surface area contributed by atoms with Crippen molar-refractivity contribution in [1.82, 2.24) is 0 Å². The van der Waals surface area contributed by atoms with Crippen molar-refractivity contribution in [2.75, 3.05) is 11.9 Å². The molecule has 1 amide bonds. The Balaban J connectivity index is 1.88. The molecule has 0 saturated carbocycles. The van der Waals surface area contributed by atoms with E-state index in [0.717, 1.165) is 11.4 Å². The SMILES string of the molecule is CC(C)COc1ccc(NC(=O)[C@@H](C)Oc2ccc(C(C)C)cc2)cc1. The largest absolute Gasteiger partial charge is 0.493 e. The van der Waals surface area contributed by atoms with E-state index in [1.54, 1.807) is 6.92 Å². The van der Waals surface area contributed by atoms with Crippen LogP contribution in [0.15, 0.2) is 48.5 Å². The average Bonchev–Trinajstić information content (AvgIpc) is 2.61. The Morgan fingerprint density at radius 2 is 1.46 bits per heavy atom. The highest BCUT2D eigenvalue weighted by atomic mass is 16.5. The van der Waals surface area contributed by atoms with Gasteiger partial charge in [-0.1, -0.05) is 39.8 Å². The molecule has 2 rings (SSSR count). The summed E-state index contributed by atoms with van der Waals surface area (Å²) in [6.45, 7) is 10.9. The number of anilines is 1. The fraction of sp³-hybridized carbons (Fsp3) is 0.409. The van der Waals surface area contributed by atoms with Gasteiger partial charge in [0.2, 0.25) is 0 Å². The Morgan fingerprint density at radius 3 is 2.00 bits per heavy atom. The zero-order chi connectivity index (χ0) is 19.1. The highest BCUT2D eigenvalue weighted by Crippen LogP contribution is 2.20. The molecule has 140 valence electrons. The molecular weight excluding hydrogens is 326 g/mol. The lowest BCUT2D eigenvalue weighted by molar-refractivity contribution is -0.122. The second-order valence-electron chi connectivity index (χ2n) is 7.20. The molecule has 0 spiro atoms. The van der Waals surface area contributed by atoms with Crippen molar-refractivity contribution < 1.29 is 14.3 Å². The predicted octanol–water partition coefficient (Wildman–Crippen LogP) is 5.25. The lowest BCUT2D eigenvalue weighted by atomic mass is 10.0. The van der Waals surface area contributed by atoms with Crippen LogP contribution in [0.5, 0.6) is 11.5 Å². The highest BCUT2D eigenvalue weighted by Gasteiger charge is 2.15. The van der Waals surface area contributed by atoms with Crippen LogP contribution in [0.1, 0.15) is 46.1 Å². The second kappa shape index (κ2) is 9.27. The first-order valence-corrected chi connectivity index (χ1v) is 9.15. The Kier molecular flexibility index (Phi) is 7.07. The van der Waals surface area contributed by atoms with Gasteiger partial charge in [-0.3, -0.25) is 4.79 Å². The first-order chi connectivity index (χ1) is 12.3. The van der Waals surface area contributed by atoms with Gasteiger partial charge in [0.05, 0.1) is 6.61 Å². The van der Waals surface area contributed by atoms with E-state index in [9.17, 15) is 4.79 Å². The van der Waals surface area contributed by atoms with E-state index in [0.29, 0.717) is 24.2 Å². The van der Waals surface area contributed by atoms with E-state index in [-0.39, 0.29) is 5.91 Å². The Labute approximate surface area is 156 Å². The molecule has 0 radical (unpaired) electrons. The van der Waals surface area contributed by atoms with Crippen molar-refractivity contribution in [2.24, 2.45) is 5.92 Å². The van der Waals surface area contributed by atoms with Crippen LogP contribution in [0.2, 0.25) is 0 Å². The maximum atomic E-state index is 12.3. The summed E-state index contributed by atoms with van der Waals surface area (Å²) in [4.78, 5) is 12.3. The first-order valence-electron chi connectivity index (χ1n) is 9.15. The van der Waals surface area contributed by atoms with E-state index in [1.165, 1.54) is 5.56 Å². The third kappa shape index (κ3) is 6.10. The van der Waals surface area contributed by atoms with E-state index >= 15 is 0 Å². The van der Waals surface area contributed by atoms with Gasteiger partial charge in [-0.05, 0) is 60.7 Å². The summed E-state index contributed by atoms with van der Waals surface area (Å²) in [6, 6.07) is 15.2. The number of ether oxygens (including phenoxy) is 2. The molecule has 0 aliphatic heterocycles. The quantitative estimate of drug-likeness (QED) is 0.703. The zero-order valence-corrected chi connectivity index (χ0v) is 16.3. The number of benzene rings is 2. The number of carbonyl (C=O) groups excluding carboxylic acids is 1. The van der Waals surface area contributed by atoms with Crippen molar-refractivity contribution in [3.05, 3.63) is 54.1 Å². The molecule has 0 fully saturated rings. The minimum absolute atomic E-state index is 0.186. The first kappa shape index (κ1) is 19.8. The standard InChI is InChI=1S/C22H29NO3/c1-15(2)14-25-20-12-8-19(9-13-20)23-22(24)17(5)26-21-10-6-18(7-11-21)16(3)4/h6-13,15-17H,14H2,1-5H3,(H,23,24)/t17-/m1/s1. The molecule has 0 aliphatic carbocycles. The minimum Gasteiger partial charge on any atom is -0.493 e. The summed E-state index contributed by atoms with van der Waals surface area (Å²) in [5.41, 5.74) is 1.96. The Bertz CT molecular complexity index is 690. The Hall–Kier alpha value is -2.49. The number of amides is 1. The Morgan fingerprint density at radius 1 is 0.885 bits per heavy atom. The average molecular weight is 355 g/mol. The lowest BCUT2D eigenvalue weighted by Gasteiger charge is -2.16. The third-order valence-electron chi connectivity index (χ3n) is 3.93. The molecule has 1 atom stereocenters. The van der Waals surface area contributed by atoms with Gasteiger partial charge < -0.3 is 14.8 Å². The van der Waals surface area contributed by atoms with Crippen LogP contribution < -0.4 is 14.8 Å². The molecule has 0 aliphatic rings. The molecule has 0 heterocycles. The zero-order valence-electron chi connectivity index (χ0n) is 16.3. The van der Waals surface area contributed by atoms with Crippen LogP contribution in [0, 0.1) is 5.92 Å². The topological polar surface area (TPSA) is 47.6 Å². The number of hydrogen-bond acceptors (Lipinski definition) is 3. The van der Waals surface area contributed by atoms with Crippen molar-refractivity contribution in [3.63, 3.8) is 0 Å². The fourth-order valence-electron chi connectivity index (χ4n) is 2.33. The molecule has 4 nitrogen and oxygen atoms in total. The summed E-state index contributed by atoms with van der Waals surface area (Å²) in [6.07, 6.45) is -0.586. The van der Waals surface area contributed by atoms with Crippen LogP contribution in [-0.4, -0.2) is 18.6 Å². The van der Waals surface area contributed by atoms with Crippen molar-refractivity contribution in [3.8, 4) is 11.5 Å². The molecule has 0 bridgehead atoms. The van der Waals surface area contributed by atoms with Crippen LogP contribution >= 0.6 is 0 Å². The molecule has 0 aromatic heterocycles. The van der Waals surface area contributed by atoms with E-state index < -0.39 is 6.10 Å². The summed E-state index contributed by atoms with van der Waals surface area (Å²) in [5, 5.41) is 2.86. The van der Waals surface area contributed by atoms with Gasteiger partial charge in [0.1, 0.15) is 11.5 Å². The van der Waals surface area contributed by atoms with Crippen molar-refractivity contribution >= 4 is 11.6 Å². The summed E-state index contributed by atoms with van der Waals surface area (Å²) >= 11 is 0. The fourth-order valence-corrected chi connectivity index (χ4v) is 2.33. The van der Waals surface area contributed by atoms with Crippen LogP contribution in [0.4, 0.5) is 5.69 Å². The monoisotopic (exact) mass is 355 g/mol. The van der Waals surface area contributed by atoms with E-state index in [2.05, 4.69) is 33.0 Å². The predicted molar refractivity (Wildman–Crippen MR) is 106 cm³/mol. The van der Waals surface area contributed by atoms with Crippen molar-refractivity contribution in [2.45, 2.75) is 46.6 Å². The molecule has 26 heavy (non-hydrogen) atoms. The van der Waals surface area contributed by atoms with Gasteiger partial charge in [-0.2, -0.15) is 0 Å². The number of carbonyl (C=O) groups is 1. The summed E-state index contributed by atoms with van der Waals surface area (Å²) in [5.74, 6) is 2.24. The maximum absolute atomic E-state index is 12.3. The van der Waals surface area contributed by atoms with E-state index in [4.69, 9.17) is 9.47 Å². The second-order valence-corrected chi connectivity index (χ2v) is 7.20. The summed E-state index contributed by atoms with van der Waals surface area (Å²) in [7, 11) is 0. The molecule has 0 saturated heterocycles. The van der Waals surface area contributed by atoms with Crippen LogP contribution in [0.25, 0.3) is 0 Å². The summed E-state index contributed by atoms with van der Waals surface area (Å²) < 4.78 is 11.4. The minimum atomic E-state index is -0.586. The molecule has 2 aromatic rings. The smallest absolute Gasteiger partial charge is 0.265 e. The van der Waals surface area contributed by atoms with Gasteiger partial charge >= 0.3 is 0 Å². The van der Waals surface area contributed by atoms with Gasteiger partial charge in [0.25, 0.3) is 5.91 Å². The maximum Gasteiger partial charge on any atom is 0.265 e. The number of rotatable bonds is 8. The van der Waals surface area contributed by atoms with Gasteiger partial charge in [-0.25, -0.2) is 0 Å². The highest BCUT2D eigenvalue weighted by molar-refractivity contribution is 5.94. The van der Waals surface area contributed by atoms with Crippen LogP contribution in [-0.2, 0) is 4.79 Å². The molecule has 2 aromatic carbocycles. The van der Waals surface area contributed by atoms with E-state index in [1.807, 2.05) is 48.5 Å². The molecule has 4 heteroatoms. The lowest BCUT2D eigenvalue weighted by Crippen LogP contribution is -2.30. The number of hydrogen-bond donors (Lipinski definition) is 1. The third-order valence-corrected chi connectivity index (χ3v) is 3.93. The molecule has 1 N–H and O–H groups in total. The molecular formula is C22H29NO3. The normalized spacial score (nSPS) is 12.1. The van der Waals surface area contributed by atoms with Gasteiger partial charge in [0.15, 0.2) is 6.10 Å². The van der Waals surface area contributed by atoms with Crippen molar-refractivity contribution in [1.29, 1.82) is 0 Å². The van der Waals surface area contributed by atoms with Gasteiger partial charge in [0, 0.05) is 5.69 Å². The number of nitrogens with one attached hydrogen (secondary N) is 1. The van der Waals surface area contributed by atoms with Gasteiger partial charge in [-0.15, -0.1) is 0 Å². The van der Waals surface area contributed by atoms with Crippen LogP contribution in [0.3, 0.4) is 0 Å². The molecule has 0 unspecified atom stereocenters.